The molecule has 13 nitrogen and oxygen atoms in total. The molecular weight excluding hydrogens is 544 g/mol. The van der Waals surface area contributed by atoms with Gasteiger partial charge in [0.15, 0.2) is 35.6 Å². The standard InChI is InChI=1S/C28H36O13/c1-12-11-18-28(27(8,41-28)24(34)40-18)23(39-16(5)32)21-25(6,10-9-17(33)26(21,7)35)22(38-15(4)31)20(37-14(3)30)19(12)36-13(2)29/h9-11,17-23,33,35H,1-8H3/b12-11-/t17-,18+,19+,20-,21-,22+,23+,25+,26-,27+,28+/m0/s1. The van der Waals surface area contributed by atoms with Gasteiger partial charge in [0.1, 0.15) is 12.2 Å². The molecule has 0 radical (unpaired) electrons. The maximum Gasteiger partial charge on any atom is 0.342 e. The van der Waals surface area contributed by atoms with Gasteiger partial charge in [-0.05, 0) is 32.4 Å². The maximum atomic E-state index is 13.1. The predicted octanol–water partition coefficient (Wildman–Crippen LogP) is 0.430. The highest BCUT2D eigenvalue weighted by Crippen LogP contribution is 2.65. The Morgan fingerprint density at radius 2 is 1.41 bits per heavy atom. The zero-order valence-corrected chi connectivity index (χ0v) is 24.2. The third kappa shape index (κ3) is 4.63. The molecular formula is C28H36O13. The van der Waals surface area contributed by atoms with Crippen LogP contribution >= 0.6 is 0 Å². The molecule has 0 unspecified atom stereocenters. The number of hydrogen-bond acceptors (Lipinski definition) is 13. The first kappa shape index (κ1) is 30.7. The van der Waals surface area contributed by atoms with Gasteiger partial charge in [0.25, 0.3) is 0 Å². The summed E-state index contributed by atoms with van der Waals surface area (Å²) in [5, 5.41) is 22.9. The Bertz CT molecular complexity index is 1240. The average Bonchev–Trinajstić information content (AvgIpc) is 3.42. The van der Waals surface area contributed by atoms with Gasteiger partial charge in [-0.1, -0.05) is 19.1 Å². The van der Waals surface area contributed by atoms with Crippen molar-refractivity contribution < 1.29 is 62.6 Å². The summed E-state index contributed by atoms with van der Waals surface area (Å²) < 4.78 is 34.7. The predicted molar refractivity (Wildman–Crippen MR) is 135 cm³/mol. The van der Waals surface area contributed by atoms with E-state index < -0.39 is 94.6 Å². The third-order valence-electron chi connectivity index (χ3n) is 8.64. The maximum absolute atomic E-state index is 13.1. The number of rotatable bonds is 4. The fourth-order valence-electron chi connectivity index (χ4n) is 6.84. The topological polar surface area (TPSA) is 184 Å². The Morgan fingerprint density at radius 3 is 1.93 bits per heavy atom. The number of carbonyl (C=O) groups excluding carboxylic acids is 5. The van der Waals surface area contributed by atoms with Gasteiger partial charge in [-0.25, -0.2) is 4.79 Å². The molecule has 4 aliphatic rings. The van der Waals surface area contributed by atoms with Crippen molar-refractivity contribution in [3.8, 4) is 0 Å². The lowest BCUT2D eigenvalue weighted by Crippen LogP contribution is -2.69. The molecule has 11 atom stereocenters. The molecule has 2 heterocycles. The van der Waals surface area contributed by atoms with Crippen LogP contribution in [-0.2, 0) is 52.4 Å². The molecule has 0 aromatic heterocycles. The second-order valence-corrected chi connectivity index (χ2v) is 11.7. The van der Waals surface area contributed by atoms with Crippen molar-refractivity contribution in [2.75, 3.05) is 0 Å². The van der Waals surface area contributed by atoms with E-state index in [-0.39, 0.29) is 5.57 Å². The lowest BCUT2D eigenvalue weighted by molar-refractivity contribution is -0.230. The molecule has 1 spiro atoms. The summed E-state index contributed by atoms with van der Waals surface area (Å²) in [5.41, 5.74) is -6.82. The van der Waals surface area contributed by atoms with Crippen LogP contribution in [0.4, 0.5) is 0 Å². The monoisotopic (exact) mass is 580 g/mol. The fourth-order valence-corrected chi connectivity index (χ4v) is 6.84. The largest absolute Gasteiger partial charge is 0.459 e. The summed E-state index contributed by atoms with van der Waals surface area (Å²) in [4.78, 5) is 63.0. The number of fused-ring (bicyclic) bond motifs is 1. The molecule has 0 saturated carbocycles. The number of aliphatic hydroxyl groups excluding tert-OH is 1. The van der Waals surface area contributed by atoms with Crippen LogP contribution in [0.5, 0.6) is 0 Å². The zero-order chi connectivity index (χ0) is 30.9. The molecule has 0 bridgehead atoms. The van der Waals surface area contributed by atoms with Gasteiger partial charge in [0.05, 0.1) is 5.60 Å². The summed E-state index contributed by atoms with van der Waals surface area (Å²) in [6, 6.07) is 0. The van der Waals surface area contributed by atoms with Crippen LogP contribution in [0.25, 0.3) is 0 Å². The quantitative estimate of drug-likeness (QED) is 0.202. The summed E-state index contributed by atoms with van der Waals surface area (Å²) in [5.74, 6) is -5.32. The first-order valence-corrected chi connectivity index (χ1v) is 13.2. The van der Waals surface area contributed by atoms with Gasteiger partial charge in [-0.15, -0.1) is 0 Å². The minimum Gasteiger partial charge on any atom is -0.459 e. The zero-order valence-electron chi connectivity index (χ0n) is 24.2. The molecule has 2 saturated heterocycles. The van der Waals surface area contributed by atoms with Crippen molar-refractivity contribution in [1.29, 1.82) is 0 Å². The highest BCUT2D eigenvalue weighted by atomic mass is 16.7. The van der Waals surface area contributed by atoms with Gasteiger partial charge in [0.2, 0.25) is 0 Å². The van der Waals surface area contributed by atoms with E-state index in [1.54, 1.807) is 6.92 Å². The van der Waals surface area contributed by atoms with Crippen LogP contribution in [0.3, 0.4) is 0 Å². The molecule has 2 aliphatic heterocycles. The van der Waals surface area contributed by atoms with Crippen LogP contribution in [0.15, 0.2) is 23.8 Å². The summed E-state index contributed by atoms with van der Waals surface area (Å²) >= 11 is 0. The number of hydrogen-bond donors (Lipinski definition) is 2. The van der Waals surface area contributed by atoms with Crippen LogP contribution in [0.2, 0.25) is 0 Å². The van der Waals surface area contributed by atoms with Crippen molar-refractivity contribution in [3.63, 3.8) is 0 Å². The summed E-state index contributed by atoms with van der Waals surface area (Å²) in [6.45, 7) is 10.3. The van der Waals surface area contributed by atoms with E-state index >= 15 is 0 Å². The van der Waals surface area contributed by atoms with Crippen LogP contribution in [0, 0.1) is 11.3 Å². The second-order valence-electron chi connectivity index (χ2n) is 11.7. The van der Waals surface area contributed by atoms with Crippen LogP contribution in [-0.4, -0.2) is 93.5 Å². The van der Waals surface area contributed by atoms with Gasteiger partial charge in [0, 0.05) is 39.0 Å². The van der Waals surface area contributed by atoms with Crippen LogP contribution in [0.1, 0.15) is 55.4 Å². The van der Waals surface area contributed by atoms with E-state index in [0.717, 1.165) is 27.7 Å². The molecule has 0 aromatic rings. The summed E-state index contributed by atoms with van der Waals surface area (Å²) in [6.07, 6.45) is -4.44. The average molecular weight is 581 g/mol. The Labute approximate surface area is 236 Å². The van der Waals surface area contributed by atoms with Gasteiger partial charge < -0.3 is 38.6 Å². The van der Waals surface area contributed by atoms with E-state index in [4.69, 9.17) is 28.4 Å². The number of esters is 5. The molecule has 2 aliphatic carbocycles. The third-order valence-corrected chi connectivity index (χ3v) is 8.64. The van der Waals surface area contributed by atoms with E-state index in [2.05, 4.69) is 0 Å². The van der Waals surface area contributed by atoms with E-state index in [1.165, 1.54) is 39.0 Å². The molecule has 41 heavy (non-hydrogen) atoms. The lowest BCUT2D eigenvalue weighted by atomic mass is 9.55. The minimum atomic E-state index is -2.12. The molecule has 2 fully saturated rings. The highest BCUT2D eigenvalue weighted by molar-refractivity contribution is 5.89. The first-order chi connectivity index (χ1) is 18.8. The highest BCUT2D eigenvalue weighted by Gasteiger charge is 2.88. The van der Waals surface area contributed by atoms with E-state index in [1.807, 2.05) is 0 Å². The molecule has 13 heteroatoms. The minimum absolute atomic E-state index is 0.246. The van der Waals surface area contributed by atoms with Crippen molar-refractivity contribution in [1.82, 2.24) is 0 Å². The van der Waals surface area contributed by atoms with Crippen molar-refractivity contribution >= 4 is 29.8 Å². The molecule has 0 amide bonds. The molecule has 2 N–H and O–H groups in total. The Balaban J connectivity index is 2.12. The number of carbonyl (C=O) groups is 5. The van der Waals surface area contributed by atoms with Gasteiger partial charge in [-0.2, -0.15) is 0 Å². The van der Waals surface area contributed by atoms with Crippen LogP contribution < -0.4 is 0 Å². The van der Waals surface area contributed by atoms with Crippen molar-refractivity contribution in [2.45, 2.75) is 109 Å². The van der Waals surface area contributed by atoms with Crippen molar-refractivity contribution in [3.05, 3.63) is 23.8 Å². The second kappa shape index (κ2) is 9.92. The van der Waals surface area contributed by atoms with Crippen molar-refractivity contribution in [2.24, 2.45) is 11.3 Å². The number of ether oxygens (including phenoxy) is 6. The SMILES string of the molecule is CC(=O)O[C@H]1[C@H](OC(C)=O)/C(C)=C\[C@H]2OC(=O)[C@@]3(C)O[C@@]23[C@H](OC(C)=O)[C@@H]2[C@@](C)(O)[C@@H](O)C=C[C@@]2(C)[C@@H]1OC(C)=O. The molecule has 0 aromatic carbocycles. The number of aliphatic hydroxyl groups is 2. The number of epoxide rings is 1. The summed E-state index contributed by atoms with van der Waals surface area (Å²) in [7, 11) is 0. The molecule has 4 rings (SSSR count). The van der Waals surface area contributed by atoms with E-state index in [0.29, 0.717) is 0 Å². The Hall–Kier alpha value is -3.29. The lowest BCUT2D eigenvalue weighted by Gasteiger charge is -2.55. The first-order valence-electron chi connectivity index (χ1n) is 13.2. The Kier molecular flexibility index (Phi) is 7.42. The van der Waals surface area contributed by atoms with Gasteiger partial charge >= 0.3 is 29.8 Å². The smallest absolute Gasteiger partial charge is 0.342 e. The Morgan fingerprint density at radius 1 is 0.878 bits per heavy atom. The molecule has 226 valence electrons. The fraction of sp³-hybridized carbons (Fsp3) is 0.679. The normalized spacial score (nSPS) is 45.9. The van der Waals surface area contributed by atoms with Gasteiger partial charge in [-0.3, -0.25) is 19.2 Å². The van der Waals surface area contributed by atoms with E-state index in [9.17, 15) is 34.2 Å².